The molecule has 0 unspecified atom stereocenters. The van der Waals surface area contributed by atoms with Crippen LogP contribution in [-0.2, 0) is 12.8 Å². The number of Topliss-reactive ketones (excluding diaryl/α,β-unsaturated/α-hetero) is 1. The van der Waals surface area contributed by atoms with Crippen LogP contribution < -0.4 is 5.32 Å². The first-order valence-corrected chi connectivity index (χ1v) is 7.19. The van der Waals surface area contributed by atoms with E-state index < -0.39 is 0 Å². The molecule has 0 saturated carbocycles. The van der Waals surface area contributed by atoms with Gasteiger partial charge in [-0.1, -0.05) is 12.1 Å². The van der Waals surface area contributed by atoms with Crippen LogP contribution >= 0.6 is 11.3 Å². The summed E-state index contributed by atoms with van der Waals surface area (Å²) in [6.07, 6.45) is 2.63. The van der Waals surface area contributed by atoms with Crippen molar-refractivity contribution in [3.63, 3.8) is 0 Å². The molecule has 0 atom stereocenters. The average Bonchev–Trinajstić information content (AvgIpc) is 2.91. The van der Waals surface area contributed by atoms with Crippen LogP contribution in [0.5, 0.6) is 0 Å². The van der Waals surface area contributed by atoms with Gasteiger partial charge in [0.15, 0.2) is 5.78 Å². The molecule has 0 radical (unpaired) electrons. The van der Waals surface area contributed by atoms with E-state index >= 15 is 0 Å². The third-order valence-corrected chi connectivity index (χ3v) is 4.07. The first kappa shape index (κ1) is 11.5. The summed E-state index contributed by atoms with van der Waals surface area (Å²) in [6, 6.07) is 8.02. The Kier molecular flexibility index (Phi) is 3.15. The van der Waals surface area contributed by atoms with Crippen molar-refractivity contribution >= 4 is 22.8 Å². The lowest BCUT2D eigenvalue weighted by Gasteiger charge is -2.20. The predicted octanol–water partition coefficient (Wildman–Crippen LogP) is 3.53. The molecule has 0 amide bonds. The Morgan fingerprint density at radius 1 is 1.33 bits per heavy atom. The summed E-state index contributed by atoms with van der Waals surface area (Å²) in [4.78, 5) is 12.4. The van der Waals surface area contributed by atoms with Gasteiger partial charge < -0.3 is 5.32 Å². The minimum Gasteiger partial charge on any atom is -0.385 e. The van der Waals surface area contributed by atoms with E-state index in [2.05, 4.69) is 11.4 Å². The van der Waals surface area contributed by atoms with Crippen molar-refractivity contribution in [1.82, 2.24) is 0 Å². The van der Waals surface area contributed by atoms with E-state index in [0.29, 0.717) is 6.42 Å². The molecule has 3 rings (SSSR count). The van der Waals surface area contributed by atoms with Gasteiger partial charge in [-0.25, -0.2) is 0 Å². The summed E-state index contributed by atoms with van der Waals surface area (Å²) in [5.41, 5.74) is 4.35. The summed E-state index contributed by atoms with van der Waals surface area (Å²) in [6.45, 7) is 1.01. The highest BCUT2D eigenvalue weighted by molar-refractivity contribution is 7.08. The monoisotopic (exact) mass is 257 g/mol. The fourth-order valence-corrected chi connectivity index (χ4v) is 3.11. The second kappa shape index (κ2) is 4.94. The smallest absolute Gasteiger partial charge is 0.167 e. The van der Waals surface area contributed by atoms with Crippen molar-refractivity contribution in [2.45, 2.75) is 19.3 Å². The lowest BCUT2D eigenvalue weighted by Crippen LogP contribution is -2.16. The number of hydrogen-bond donors (Lipinski definition) is 1. The number of thiophene rings is 1. The minimum atomic E-state index is 0.231. The Bertz CT molecular complexity index is 560. The number of hydrogen-bond acceptors (Lipinski definition) is 3. The van der Waals surface area contributed by atoms with Crippen molar-refractivity contribution in [2.24, 2.45) is 0 Å². The fraction of sp³-hybridized carbons (Fsp3) is 0.267. The molecule has 1 aromatic heterocycles. The topological polar surface area (TPSA) is 29.1 Å². The first-order chi connectivity index (χ1) is 8.84. The molecule has 1 aliphatic heterocycles. The Morgan fingerprint density at radius 3 is 3.11 bits per heavy atom. The van der Waals surface area contributed by atoms with Crippen molar-refractivity contribution in [1.29, 1.82) is 0 Å². The quantitative estimate of drug-likeness (QED) is 0.852. The second-order valence-corrected chi connectivity index (χ2v) is 5.37. The maximum atomic E-state index is 12.4. The van der Waals surface area contributed by atoms with Gasteiger partial charge in [-0.05, 0) is 46.9 Å². The Balaban J connectivity index is 1.89. The van der Waals surface area contributed by atoms with Crippen LogP contribution in [0.15, 0.2) is 35.0 Å². The standard InChI is InChI=1S/C15H15NOS/c17-15(9-11-6-8-18-10-11)13-3-1-5-14-12(13)4-2-7-16-14/h1,3,5-6,8,10,16H,2,4,7,9H2. The van der Waals surface area contributed by atoms with Crippen LogP contribution in [0, 0.1) is 0 Å². The van der Waals surface area contributed by atoms with Crippen LogP contribution in [0.25, 0.3) is 0 Å². The largest absolute Gasteiger partial charge is 0.385 e. The van der Waals surface area contributed by atoms with Gasteiger partial charge >= 0.3 is 0 Å². The summed E-state index contributed by atoms with van der Waals surface area (Å²) in [7, 11) is 0. The third-order valence-electron chi connectivity index (χ3n) is 3.34. The second-order valence-electron chi connectivity index (χ2n) is 4.59. The van der Waals surface area contributed by atoms with E-state index in [-0.39, 0.29) is 5.78 Å². The molecule has 1 aromatic carbocycles. The van der Waals surface area contributed by atoms with Gasteiger partial charge in [-0.3, -0.25) is 4.79 Å². The molecule has 0 spiro atoms. The van der Waals surface area contributed by atoms with Gasteiger partial charge in [0.05, 0.1) is 0 Å². The van der Waals surface area contributed by atoms with E-state index in [1.165, 1.54) is 5.56 Å². The third kappa shape index (κ3) is 2.18. The molecule has 3 heteroatoms. The summed E-state index contributed by atoms with van der Waals surface area (Å²) >= 11 is 1.64. The van der Waals surface area contributed by atoms with Crippen molar-refractivity contribution < 1.29 is 4.79 Å². The maximum absolute atomic E-state index is 12.4. The van der Waals surface area contributed by atoms with Crippen LogP contribution in [-0.4, -0.2) is 12.3 Å². The molecule has 2 nitrogen and oxygen atoms in total. The van der Waals surface area contributed by atoms with Crippen LogP contribution in [0.3, 0.4) is 0 Å². The van der Waals surface area contributed by atoms with Crippen LogP contribution in [0.4, 0.5) is 5.69 Å². The molecule has 1 N–H and O–H groups in total. The number of benzene rings is 1. The van der Waals surface area contributed by atoms with E-state index in [4.69, 9.17) is 0 Å². The highest BCUT2D eigenvalue weighted by atomic mass is 32.1. The molecule has 0 saturated heterocycles. The molecule has 0 fully saturated rings. The molecule has 2 aromatic rings. The normalized spacial score (nSPS) is 13.8. The van der Waals surface area contributed by atoms with E-state index in [1.54, 1.807) is 11.3 Å². The molecular formula is C15H15NOS. The van der Waals surface area contributed by atoms with Gasteiger partial charge in [0.1, 0.15) is 0 Å². The number of carbonyl (C=O) groups is 1. The van der Waals surface area contributed by atoms with E-state index in [9.17, 15) is 4.79 Å². The molecule has 2 heterocycles. The first-order valence-electron chi connectivity index (χ1n) is 6.24. The Hall–Kier alpha value is -1.61. The summed E-state index contributed by atoms with van der Waals surface area (Å²) in [5, 5.41) is 7.43. The highest BCUT2D eigenvalue weighted by Gasteiger charge is 2.17. The number of nitrogens with one attached hydrogen (secondary N) is 1. The summed E-state index contributed by atoms with van der Waals surface area (Å²) < 4.78 is 0. The van der Waals surface area contributed by atoms with Gasteiger partial charge in [0, 0.05) is 24.2 Å². The van der Waals surface area contributed by atoms with E-state index in [0.717, 1.165) is 36.2 Å². The van der Waals surface area contributed by atoms with Gasteiger partial charge in [0.2, 0.25) is 0 Å². The fourth-order valence-electron chi connectivity index (χ4n) is 2.45. The minimum absolute atomic E-state index is 0.231. The maximum Gasteiger partial charge on any atom is 0.167 e. The SMILES string of the molecule is O=C(Cc1ccsc1)c1cccc2c1CCCN2. The molecule has 0 bridgehead atoms. The Morgan fingerprint density at radius 2 is 2.28 bits per heavy atom. The molecule has 1 aliphatic rings. The van der Waals surface area contributed by atoms with Crippen LogP contribution in [0.1, 0.15) is 27.9 Å². The van der Waals surface area contributed by atoms with E-state index in [1.807, 2.05) is 29.0 Å². The lowest BCUT2D eigenvalue weighted by molar-refractivity contribution is 0.0992. The predicted molar refractivity (Wildman–Crippen MR) is 75.6 cm³/mol. The number of anilines is 1. The van der Waals surface area contributed by atoms with Gasteiger partial charge in [-0.15, -0.1) is 0 Å². The van der Waals surface area contributed by atoms with Crippen molar-refractivity contribution in [3.8, 4) is 0 Å². The summed E-state index contributed by atoms with van der Waals surface area (Å²) in [5.74, 6) is 0.231. The zero-order valence-electron chi connectivity index (χ0n) is 10.1. The number of carbonyl (C=O) groups excluding carboxylic acids is 1. The average molecular weight is 257 g/mol. The highest BCUT2D eigenvalue weighted by Crippen LogP contribution is 2.26. The Labute approximate surface area is 111 Å². The molecule has 0 aliphatic carbocycles. The lowest BCUT2D eigenvalue weighted by atomic mass is 9.93. The number of ketones is 1. The van der Waals surface area contributed by atoms with Gasteiger partial charge in [0.25, 0.3) is 0 Å². The van der Waals surface area contributed by atoms with Crippen molar-refractivity contribution in [3.05, 3.63) is 51.7 Å². The number of rotatable bonds is 3. The van der Waals surface area contributed by atoms with Crippen LogP contribution in [0.2, 0.25) is 0 Å². The molecule has 92 valence electrons. The zero-order chi connectivity index (χ0) is 12.4. The molecular weight excluding hydrogens is 242 g/mol. The zero-order valence-corrected chi connectivity index (χ0v) is 10.9. The molecule has 18 heavy (non-hydrogen) atoms. The van der Waals surface area contributed by atoms with Crippen molar-refractivity contribution in [2.75, 3.05) is 11.9 Å². The van der Waals surface area contributed by atoms with Gasteiger partial charge in [-0.2, -0.15) is 11.3 Å². The number of fused-ring (bicyclic) bond motifs is 1.